The van der Waals surface area contributed by atoms with Crippen LogP contribution in [0.5, 0.6) is 0 Å². The van der Waals surface area contributed by atoms with Crippen molar-refractivity contribution >= 4 is 33.3 Å². The predicted octanol–water partition coefficient (Wildman–Crippen LogP) is 10.2. The first kappa shape index (κ1) is 52.0. The Balaban J connectivity index is 1.77. The fourth-order valence-electron chi connectivity index (χ4n) is 9.36. The Morgan fingerprint density at radius 3 is 1.97 bits per heavy atom. The van der Waals surface area contributed by atoms with Crippen LogP contribution >= 0.6 is 7.26 Å². The normalized spacial score (nSPS) is 18.8. The highest BCUT2D eigenvalue weighted by atomic mass is 31.2. The van der Waals surface area contributed by atoms with Crippen molar-refractivity contribution in [1.29, 1.82) is 0 Å². The first-order valence-electron chi connectivity index (χ1n) is 22.8. The summed E-state index contributed by atoms with van der Waals surface area (Å²) in [6.07, 6.45) is 10.5. The van der Waals surface area contributed by atoms with Crippen molar-refractivity contribution in [1.82, 2.24) is 14.9 Å². The van der Waals surface area contributed by atoms with Gasteiger partial charge in [0.25, 0.3) is 17.2 Å². The zero-order valence-electron chi connectivity index (χ0n) is 38.8. The van der Waals surface area contributed by atoms with E-state index in [1.165, 1.54) is 79.9 Å². The summed E-state index contributed by atoms with van der Waals surface area (Å²) >= 11 is 0. The van der Waals surface area contributed by atoms with Crippen LogP contribution in [0, 0.1) is 10.1 Å². The van der Waals surface area contributed by atoms with Gasteiger partial charge in [-0.1, -0.05) is 101 Å². The Morgan fingerprint density at radius 1 is 0.885 bits per heavy atom. The van der Waals surface area contributed by atoms with E-state index in [2.05, 4.69) is 72.6 Å². The summed E-state index contributed by atoms with van der Waals surface area (Å²) in [6.45, 7) is 23.3. The van der Waals surface area contributed by atoms with E-state index in [0.717, 1.165) is 12.6 Å². The Hall–Kier alpha value is -3.39. The molecular formula is C45H76N4O10PSi+. The SMILES string of the molecule is CCCC[P+](CCCC)(CCCC)CCCNC(=O)c1ccc(C(C)COC(=O)OC2[C@@H](CC)O[C@@H](n3ccc(=O)[nH]c3=O)[C@H]2O[Si](C(C)C)(C(C)C)C(C)C)c([N+](=O)[O-])c1. The first-order chi connectivity index (χ1) is 28.9. The van der Waals surface area contributed by atoms with E-state index >= 15 is 0 Å². The maximum Gasteiger partial charge on any atom is 0.508 e. The number of carbonyl (C=O) groups excluding carboxylic acids is 2. The first-order valence-corrected chi connectivity index (χ1v) is 27.5. The van der Waals surface area contributed by atoms with Crippen molar-refractivity contribution in [2.45, 2.75) is 175 Å². The molecule has 0 aliphatic carbocycles. The molecule has 1 saturated heterocycles. The van der Waals surface area contributed by atoms with Crippen LogP contribution in [-0.4, -0.2) is 91.0 Å². The number of benzene rings is 1. The van der Waals surface area contributed by atoms with Crippen molar-refractivity contribution in [2.24, 2.45) is 0 Å². The van der Waals surface area contributed by atoms with Gasteiger partial charge in [0.05, 0.1) is 35.7 Å². The number of hydrogen-bond donors (Lipinski definition) is 2. The van der Waals surface area contributed by atoms with Gasteiger partial charge in [-0.15, -0.1) is 0 Å². The molecule has 0 spiro atoms. The highest BCUT2D eigenvalue weighted by Gasteiger charge is 2.55. The number of nitrogens with zero attached hydrogens (tertiary/aromatic N) is 2. The molecule has 16 heteroatoms. The monoisotopic (exact) mass is 892 g/mol. The third kappa shape index (κ3) is 13.6. The predicted molar refractivity (Wildman–Crippen MR) is 247 cm³/mol. The molecule has 0 radical (unpaired) electrons. The average Bonchev–Trinajstić information content (AvgIpc) is 3.55. The summed E-state index contributed by atoms with van der Waals surface area (Å²) in [6, 6.07) is 5.64. The molecule has 3 rings (SSSR count). The summed E-state index contributed by atoms with van der Waals surface area (Å²) < 4.78 is 26.4. The molecule has 2 aromatic rings. The van der Waals surface area contributed by atoms with E-state index in [-0.39, 0.29) is 40.4 Å². The molecule has 0 bridgehead atoms. The van der Waals surface area contributed by atoms with Crippen molar-refractivity contribution in [3.63, 3.8) is 0 Å². The number of H-pyrrole nitrogens is 1. The van der Waals surface area contributed by atoms with Crippen LogP contribution in [0.4, 0.5) is 10.5 Å². The van der Waals surface area contributed by atoms with Gasteiger partial charge in [-0.3, -0.25) is 29.3 Å². The second-order valence-corrected chi connectivity index (χ2v) is 27.8. The second-order valence-electron chi connectivity index (χ2n) is 17.9. The summed E-state index contributed by atoms with van der Waals surface area (Å²) in [5.41, 5.74) is -0.525. The molecule has 1 aromatic carbocycles. The van der Waals surface area contributed by atoms with E-state index in [9.17, 15) is 29.3 Å². The number of aromatic amines is 1. The molecule has 1 amide bonds. The van der Waals surface area contributed by atoms with E-state index in [0.29, 0.717) is 18.5 Å². The second kappa shape index (κ2) is 24.5. The van der Waals surface area contributed by atoms with Crippen LogP contribution in [0.2, 0.25) is 16.6 Å². The van der Waals surface area contributed by atoms with E-state index < -0.39 is 68.4 Å². The van der Waals surface area contributed by atoms with Crippen LogP contribution in [-0.2, 0) is 18.6 Å². The Kier molecular flexibility index (Phi) is 20.8. The summed E-state index contributed by atoms with van der Waals surface area (Å²) in [7, 11) is -3.77. The van der Waals surface area contributed by atoms with Crippen molar-refractivity contribution < 1.29 is 33.1 Å². The minimum Gasteiger partial charge on any atom is -0.434 e. The van der Waals surface area contributed by atoms with Gasteiger partial charge in [-0.25, -0.2) is 9.59 Å². The summed E-state index contributed by atoms with van der Waals surface area (Å²) in [5.74, 6) is -0.981. The number of nitrogens with one attached hydrogen (secondary N) is 2. The number of nitro benzene ring substituents is 1. The van der Waals surface area contributed by atoms with Crippen molar-refractivity contribution in [2.75, 3.05) is 37.8 Å². The van der Waals surface area contributed by atoms with E-state index in [4.69, 9.17) is 18.6 Å². The van der Waals surface area contributed by atoms with Crippen LogP contribution in [0.3, 0.4) is 0 Å². The quantitative estimate of drug-likeness (QED) is 0.0230. The fourth-order valence-corrected chi connectivity index (χ4v) is 20.0. The molecule has 61 heavy (non-hydrogen) atoms. The number of carbonyl (C=O) groups is 2. The topological polar surface area (TPSA) is 181 Å². The number of aromatic nitrogens is 2. The standard InChI is InChI=1S/C45H75N4O10PSi/c1-12-16-25-60(26-17-13-2,27-18-14-3)28-19-23-46-42(51)35-20-21-36(37(29-35)49(54)55)34(11)30-56-45(53)58-40-38(15-4)57-43(48-24-22-39(50)47-44(48)52)41(40)59-61(31(5)6,32(7)8)33(9)10/h20-22,24,29,31-34,38,40-41,43H,12-19,23,25-28,30H2,1-11H3,(H-,46,47,50,51,52)/p+1/t34?,38-,40?,41+,43-/m1/s1. The molecular weight excluding hydrogens is 816 g/mol. The lowest BCUT2D eigenvalue weighted by Gasteiger charge is -2.45. The molecule has 1 aliphatic rings. The number of ether oxygens (including phenoxy) is 3. The molecule has 1 aromatic heterocycles. The summed E-state index contributed by atoms with van der Waals surface area (Å²) in [5, 5.41) is 15.3. The van der Waals surface area contributed by atoms with Crippen LogP contribution in [0.25, 0.3) is 0 Å². The molecule has 344 valence electrons. The van der Waals surface area contributed by atoms with Gasteiger partial charge < -0.3 is 24.0 Å². The van der Waals surface area contributed by atoms with E-state index in [1.54, 1.807) is 19.1 Å². The smallest absolute Gasteiger partial charge is 0.434 e. The Bertz CT molecular complexity index is 1790. The summed E-state index contributed by atoms with van der Waals surface area (Å²) in [4.78, 5) is 65.9. The van der Waals surface area contributed by atoms with Crippen molar-refractivity contribution in [3.05, 3.63) is 72.5 Å². The molecule has 0 saturated carbocycles. The molecule has 1 aliphatic heterocycles. The van der Waals surface area contributed by atoms with Gasteiger partial charge in [0.2, 0.25) is 8.32 Å². The van der Waals surface area contributed by atoms with Gasteiger partial charge >= 0.3 is 11.8 Å². The number of amides is 1. The number of hydrogen-bond acceptors (Lipinski definition) is 10. The molecule has 14 nitrogen and oxygen atoms in total. The van der Waals surface area contributed by atoms with Crippen LogP contribution < -0.4 is 16.6 Å². The number of unbranched alkanes of at least 4 members (excludes halogenated alkanes) is 3. The molecule has 5 atom stereocenters. The fraction of sp³-hybridized carbons (Fsp3) is 0.733. The molecule has 2 unspecified atom stereocenters. The maximum absolute atomic E-state index is 13.5. The maximum atomic E-state index is 13.5. The lowest BCUT2D eigenvalue weighted by atomic mass is 9.98. The van der Waals surface area contributed by atoms with Crippen LogP contribution in [0.1, 0.15) is 156 Å². The minimum atomic E-state index is -2.66. The van der Waals surface area contributed by atoms with Crippen LogP contribution in [0.15, 0.2) is 40.1 Å². The minimum absolute atomic E-state index is 0.148. The van der Waals surface area contributed by atoms with Crippen molar-refractivity contribution in [3.8, 4) is 0 Å². The highest BCUT2D eigenvalue weighted by molar-refractivity contribution is 7.75. The lowest BCUT2D eigenvalue weighted by molar-refractivity contribution is -0.385. The zero-order valence-corrected chi connectivity index (χ0v) is 40.7. The number of nitro groups is 1. The van der Waals surface area contributed by atoms with Gasteiger partial charge in [0.1, 0.15) is 12.7 Å². The third-order valence-corrected chi connectivity index (χ3v) is 23.8. The molecule has 2 heterocycles. The Morgan fingerprint density at radius 2 is 1.46 bits per heavy atom. The highest BCUT2D eigenvalue weighted by Crippen LogP contribution is 2.61. The Labute approximate surface area is 365 Å². The van der Waals surface area contributed by atoms with Gasteiger partial charge in [0.15, 0.2) is 12.3 Å². The van der Waals surface area contributed by atoms with Gasteiger partial charge in [-0.2, -0.15) is 0 Å². The largest absolute Gasteiger partial charge is 0.508 e. The molecule has 1 fully saturated rings. The molecule has 2 N–H and O–H groups in total. The van der Waals surface area contributed by atoms with Gasteiger partial charge in [0, 0.05) is 49.2 Å². The third-order valence-electron chi connectivity index (χ3n) is 12.6. The van der Waals surface area contributed by atoms with Gasteiger partial charge in [-0.05, 0) is 54.8 Å². The average molecular weight is 892 g/mol. The van der Waals surface area contributed by atoms with E-state index in [1.807, 2.05) is 6.92 Å². The zero-order chi connectivity index (χ0) is 45.5. The number of rotatable bonds is 26. The lowest BCUT2D eigenvalue weighted by Crippen LogP contribution is -2.54.